The number of carbonyl (C=O) groups is 6. The minimum atomic E-state index is -1.72. The van der Waals surface area contributed by atoms with Gasteiger partial charge in [0.05, 0.1) is 18.9 Å². The lowest BCUT2D eigenvalue weighted by molar-refractivity contribution is -0.144. The summed E-state index contributed by atoms with van der Waals surface area (Å²) in [4.78, 5) is 71.4. The first-order valence-corrected chi connectivity index (χ1v) is 11.2. The van der Waals surface area contributed by atoms with Crippen LogP contribution in [0.2, 0.25) is 0 Å². The van der Waals surface area contributed by atoms with E-state index in [0.717, 1.165) is 0 Å². The quantitative estimate of drug-likeness (QED) is 0.0778. The smallest absolute Gasteiger partial charge is 0.326 e. The summed E-state index contributed by atoms with van der Waals surface area (Å²) in [5.41, 5.74) is 21.7. The first kappa shape index (κ1) is 31.7. The van der Waals surface area contributed by atoms with Crippen molar-refractivity contribution in [2.45, 2.75) is 75.5 Å². The van der Waals surface area contributed by atoms with E-state index in [1.54, 1.807) is 0 Å². The topological polar surface area (TPSA) is 283 Å². The van der Waals surface area contributed by atoms with Crippen LogP contribution < -0.4 is 38.9 Å². The molecule has 15 nitrogen and oxygen atoms in total. The Hall–Kier alpha value is -3.30. The molecule has 0 aromatic heterocycles. The summed E-state index contributed by atoms with van der Waals surface area (Å²) < 4.78 is 0. The highest BCUT2D eigenvalue weighted by atomic mass is 16.4. The van der Waals surface area contributed by atoms with E-state index < -0.39 is 72.6 Å². The highest BCUT2D eigenvalue weighted by Gasteiger charge is 2.32. The molecule has 4 atom stereocenters. The Morgan fingerprint density at radius 1 is 0.657 bits per heavy atom. The van der Waals surface area contributed by atoms with Crippen molar-refractivity contribution >= 4 is 35.6 Å². The molecule has 0 rings (SSSR count). The zero-order chi connectivity index (χ0) is 27.0. The fourth-order valence-corrected chi connectivity index (χ4v) is 3.01. The van der Waals surface area contributed by atoms with Crippen molar-refractivity contribution in [3.05, 3.63) is 0 Å². The normalized spacial score (nSPS) is 14.1. The number of nitrogens with two attached hydrogens (primary N) is 4. The van der Waals surface area contributed by atoms with Crippen LogP contribution in [0.3, 0.4) is 0 Å². The van der Waals surface area contributed by atoms with Gasteiger partial charge in [0.15, 0.2) is 0 Å². The molecule has 0 fully saturated rings. The van der Waals surface area contributed by atoms with E-state index in [4.69, 9.17) is 33.1 Å². The van der Waals surface area contributed by atoms with Gasteiger partial charge in [0.25, 0.3) is 0 Å². The van der Waals surface area contributed by atoms with E-state index in [1.165, 1.54) is 0 Å². The van der Waals surface area contributed by atoms with E-state index in [1.807, 2.05) is 5.32 Å². The molecule has 4 unspecified atom stereocenters. The second kappa shape index (κ2) is 17.2. The van der Waals surface area contributed by atoms with Crippen molar-refractivity contribution in [1.29, 1.82) is 0 Å². The van der Waals surface area contributed by atoms with Gasteiger partial charge < -0.3 is 49.1 Å². The SMILES string of the molecule is NCCCCC(N)C(=O)NC(CCCCN)C(=O)NC(CC(=O)O)C(=O)NC(CC(N)=O)C(=O)O. The molecule has 0 heterocycles. The van der Waals surface area contributed by atoms with Crippen LogP contribution in [0.15, 0.2) is 0 Å². The maximum Gasteiger partial charge on any atom is 0.326 e. The molecule has 35 heavy (non-hydrogen) atoms. The number of aliphatic carboxylic acids is 2. The third kappa shape index (κ3) is 13.9. The molecule has 0 radical (unpaired) electrons. The van der Waals surface area contributed by atoms with Gasteiger partial charge >= 0.3 is 11.9 Å². The van der Waals surface area contributed by atoms with Crippen LogP contribution in [0, 0.1) is 0 Å². The Balaban J connectivity index is 5.48. The molecule has 0 aromatic carbocycles. The van der Waals surface area contributed by atoms with Crippen molar-refractivity contribution in [2.75, 3.05) is 13.1 Å². The number of carboxylic acids is 2. The average Bonchev–Trinajstić information content (AvgIpc) is 2.76. The largest absolute Gasteiger partial charge is 0.481 e. The number of primary amides is 1. The zero-order valence-electron chi connectivity index (χ0n) is 19.5. The summed E-state index contributed by atoms with van der Waals surface area (Å²) in [7, 11) is 0. The number of carboxylic acid groups (broad SMARTS) is 2. The van der Waals surface area contributed by atoms with E-state index in [9.17, 15) is 28.8 Å². The number of unbranched alkanes of at least 4 members (excludes halogenated alkanes) is 2. The van der Waals surface area contributed by atoms with Crippen LogP contribution in [-0.2, 0) is 28.8 Å². The summed E-state index contributed by atoms with van der Waals surface area (Å²) >= 11 is 0. The predicted octanol–water partition coefficient (Wildman–Crippen LogP) is -3.54. The minimum Gasteiger partial charge on any atom is -0.481 e. The van der Waals surface area contributed by atoms with Gasteiger partial charge in [0.2, 0.25) is 23.6 Å². The van der Waals surface area contributed by atoms with Gasteiger partial charge in [-0.3, -0.25) is 24.0 Å². The Kier molecular flexibility index (Phi) is 15.6. The second-order valence-corrected chi connectivity index (χ2v) is 7.97. The summed E-state index contributed by atoms with van der Waals surface area (Å²) in [6, 6.07) is -5.48. The number of hydrogen-bond acceptors (Lipinski definition) is 9. The molecule has 13 N–H and O–H groups in total. The van der Waals surface area contributed by atoms with E-state index in [-0.39, 0.29) is 6.42 Å². The molecule has 0 aliphatic carbocycles. The first-order valence-electron chi connectivity index (χ1n) is 11.2. The van der Waals surface area contributed by atoms with Crippen molar-refractivity contribution in [3.8, 4) is 0 Å². The molecule has 15 heteroatoms. The molecule has 0 bridgehead atoms. The molecule has 0 aliphatic rings. The summed E-state index contributed by atoms with van der Waals surface area (Å²) in [6.07, 6.45) is 1.08. The maximum atomic E-state index is 12.9. The lowest BCUT2D eigenvalue weighted by Crippen LogP contribution is -2.57. The van der Waals surface area contributed by atoms with Gasteiger partial charge in [0, 0.05) is 0 Å². The molecule has 200 valence electrons. The van der Waals surface area contributed by atoms with Crippen molar-refractivity contribution < 1.29 is 39.0 Å². The van der Waals surface area contributed by atoms with Crippen LogP contribution in [0.25, 0.3) is 0 Å². The van der Waals surface area contributed by atoms with Crippen LogP contribution in [0.1, 0.15) is 51.4 Å². The molecular formula is C20H37N7O8. The van der Waals surface area contributed by atoms with Gasteiger partial charge in [-0.05, 0) is 45.2 Å². The summed E-state index contributed by atoms with van der Waals surface area (Å²) in [6.45, 7) is 0.773. The molecular weight excluding hydrogens is 466 g/mol. The number of nitrogens with one attached hydrogen (secondary N) is 3. The maximum absolute atomic E-state index is 12.9. The highest BCUT2D eigenvalue weighted by molar-refractivity contribution is 5.96. The van der Waals surface area contributed by atoms with Crippen LogP contribution >= 0.6 is 0 Å². The predicted molar refractivity (Wildman–Crippen MR) is 123 cm³/mol. The van der Waals surface area contributed by atoms with Crippen LogP contribution in [-0.4, -0.2) is 83.0 Å². The third-order valence-electron chi connectivity index (χ3n) is 4.92. The monoisotopic (exact) mass is 503 g/mol. The molecule has 0 aliphatic heterocycles. The minimum absolute atomic E-state index is 0.130. The Bertz CT molecular complexity index is 749. The standard InChI is InChI=1S/C20H37N7O8/c21-7-3-1-5-11(23)17(31)25-12(6-2-4-8-22)18(32)26-13(10-16(29)30)19(33)27-14(20(34)35)9-15(24)28/h11-14H,1-10,21-23H2,(H2,24,28)(H,25,31)(H,26,32)(H,27,33)(H,29,30)(H,34,35). The van der Waals surface area contributed by atoms with Crippen LogP contribution in [0.5, 0.6) is 0 Å². The second-order valence-electron chi connectivity index (χ2n) is 7.97. The van der Waals surface area contributed by atoms with Crippen LogP contribution in [0.4, 0.5) is 0 Å². The average molecular weight is 504 g/mol. The highest BCUT2D eigenvalue weighted by Crippen LogP contribution is 2.06. The zero-order valence-corrected chi connectivity index (χ0v) is 19.5. The van der Waals surface area contributed by atoms with Crippen molar-refractivity contribution in [3.63, 3.8) is 0 Å². The number of carbonyl (C=O) groups excluding carboxylic acids is 4. The van der Waals surface area contributed by atoms with E-state index >= 15 is 0 Å². The Morgan fingerprint density at radius 3 is 1.63 bits per heavy atom. The van der Waals surface area contributed by atoms with E-state index in [2.05, 4.69) is 10.6 Å². The Labute approximate surface area is 202 Å². The first-order chi connectivity index (χ1) is 16.4. The lowest BCUT2D eigenvalue weighted by Gasteiger charge is -2.24. The number of hydrogen-bond donors (Lipinski definition) is 9. The molecule has 4 amide bonds. The molecule has 0 saturated carbocycles. The van der Waals surface area contributed by atoms with Crippen molar-refractivity contribution in [1.82, 2.24) is 16.0 Å². The summed E-state index contributed by atoms with van der Waals surface area (Å²) in [5, 5.41) is 25.0. The molecule has 0 aromatic rings. The van der Waals surface area contributed by atoms with Gasteiger partial charge in [-0.15, -0.1) is 0 Å². The van der Waals surface area contributed by atoms with E-state index in [0.29, 0.717) is 45.2 Å². The summed E-state index contributed by atoms with van der Waals surface area (Å²) in [5.74, 6) is -6.68. The molecule has 0 spiro atoms. The van der Waals surface area contributed by atoms with Gasteiger partial charge in [-0.25, -0.2) is 4.79 Å². The van der Waals surface area contributed by atoms with Crippen molar-refractivity contribution in [2.24, 2.45) is 22.9 Å². The third-order valence-corrected chi connectivity index (χ3v) is 4.92. The molecule has 0 saturated heterocycles. The number of rotatable bonds is 19. The fraction of sp³-hybridized carbons (Fsp3) is 0.700. The van der Waals surface area contributed by atoms with Gasteiger partial charge in [-0.2, -0.15) is 0 Å². The Morgan fingerprint density at radius 2 is 1.14 bits per heavy atom. The lowest BCUT2D eigenvalue weighted by atomic mass is 10.0. The van der Waals surface area contributed by atoms with Gasteiger partial charge in [0.1, 0.15) is 18.1 Å². The fourth-order valence-electron chi connectivity index (χ4n) is 3.01. The number of amides is 4. The van der Waals surface area contributed by atoms with Gasteiger partial charge in [-0.1, -0.05) is 6.42 Å².